The van der Waals surface area contributed by atoms with Crippen molar-refractivity contribution in [1.29, 1.82) is 0 Å². The van der Waals surface area contributed by atoms with Crippen molar-refractivity contribution >= 4 is 11.9 Å². The van der Waals surface area contributed by atoms with Gasteiger partial charge < -0.3 is 19.7 Å². The zero-order chi connectivity index (χ0) is 21.6. The molecule has 1 aromatic carbocycles. The van der Waals surface area contributed by atoms with Gasteiger partial charge in [-0.15, -0.1) is 0 Å². The zero-order valence-corrected chi connectivity index (χ0v) is 17.3. The van der Waals surface area contributed by atoms with Crippen LogP contribution in [0.2, 0.25) is 0 Å². The summed E-state index contributed by atoms with van der Waals surface area (Å²) in [7, 11) is 1.24. The van der Waals surface area contributed by atoms with Crippen molar-refractivity contribution < 1.29 is 19.4 Å². The number of amides is 1. The number of benzene rings is 1. The lowest BCUT2D eigenvalue weighted by Gasteiger charge is -2.18. The van der Waals surface area contributed by atoms with Gasteiger partial charge in [-0.05, 0) is 49.6 Å². The van der Waals surface area contributed by atoms with Crippen LogP contribution in [-0.2, 0) is 22.5 Å². The maximum atomic E-state index is 12.9. The number of phenolic OH excluding ortho intramolecular Hbond substituents is 1. The summed E-state index contributed by atoms with van der Waals surface area (Å²) in [6, 6.07) is 6.92. The van der Waals surface area contributed by atoms with Crippen molar-refractivity contribution in [1.82, 2.24) is 9.88 Å². The fourth-order valence-electron chi connectivity index (χ4n) is 3.08. The second-order valence-electron chi connectivity index (χ2n) is 7.06. The van der Waals surface area contributed by atoms with Crippen LogP contribution in [0.4, 0.5) is 0 Å². The Morgan fingerprint density at radius 2 is 1.86 bits per heavy atom. The quantitative estimate of drug-likeness (QED) is 0.664. The van der Waals surface area contributed by atoms with Crippen LogP contribution in [0.1, 0.15) is 46.9 Å². The van der Waals surface area contributed by atoms with Gasteiger partial charge in [0.25, 0.3) is 11.5 Å². The van der Waals surface area contributed by atoms with Gasteiger partial charge in [0.2, 0.25) is 0 Å². The molecule has 0 fully saturated rings. The molecule has 0 saturated carbocycles. The number of aryl methyl sites for hydroxylation is 1. The van der Waals surface area contributed by atoms with E-state index in [1.54, 1.807) is 22.8 Å². The first-order valence-corrected chi connectivity index (χ1v) is 9.66. The highest BCUT2D eigenvalue weighted by Crippen LogP contribution is 2.13. The van der Waals surface area contributed by atoms with Crippen molar-refractivity contribution in [3.63, 3.8) is 0 Å². The Balaban J connectivity index is 2.31. The number of hydrogen-bond acceptors (Lipinski definition) is 5. The first kappa shape index (κ1) is 22.2. The molecule has 1 amide bonds. The maximum Gasteiger partial charge on any atom is 0.328 e. The molecule has 2 rings (SSSR count). The van der Waals surface area contributed by atoms with E-state index in [4.69, 9.17) is 4.74 Å². The predicted molar refractivity (Wildman–Crippen MR) is 110 cm³/mol. The summed E-state index contributed by atoms with van der Waals surface area (Å²) in [6.45, 7) is 6.28. The molecule has 1 heterocycles. The summed E-state index contributed by atoms with van der Waals surface area (Å²) in [5.41, 5.74) is 2.03. The molecule has 1 aromatic heterocycles. The Morgan fingerprint density at radius 1 is 1.21 bits per heavy atom. The lowest BCUT2D eigenvalue weighted by Crippen LogP contribution is -2.45. The average Bonchev–Trinajstić information content (AvgIpc) is 2.71. The lowest BCUT2D eigenvalue weighted by atomic mass is 10.0. The number of rotatable bonds is 8. The Bertz CT molecular complexity index is 931. The molecule has 29 heavy (non-hydrogen) atoms. The maximum absolute atomic E-state index is 12.9. The van der Waals surface area contributed by atoms with Gasteiger partial charge in [0.05, 0.1) is 7.11 Å². The molecule has 0 spiro atoms. The van der Waals surface area contributed by atoms with Crippen LogP contribution in [0.25, 0.3) is 0 Å². The van der Waals surface area contributed by atoms with Gasteiger partial charge >= 0.3 is 5.97 Å². The molecule has 0 saturated heterocycles. The van der Waals surface area contributed by atoms with Crippen molar-refractivity contribution in [3.05, 3.63) is 63.1 Å². The van der Waals surface area contributed by atoms with Crippen molar-refractivity contribution in [2.45, 2.75) is 52.6 Å². The number of carbonyl (C=O) groups is 2. The topological polar surface area (TPSA) is 97.6 Å². The monoisotopic (exact) mass is 400 g/mol. The largest absolute Gasteiger partial charge is 0.508 e. The van der Waals surface area contributed by atoms with E-state index >= 15 is 0 Å². The molecule has 0 radical (unpaired) electrons. The number of pyridine rings is 1. The van der Waals surface area contributed by atoms with Gasteiger partial charge in [0, 0.05) is 18.7 Å². The van der Waals surface area contributed by atoms with Gasteiger partial charge in [-0.2, -0.15) is 0 Å². The van der Waals surface area contributed by atoms with Crippen LogP contribution in [0.15, 0.2) is 35.1 Å². The number of aromatic nitrogens is 1. The van der Waals surface area contributed by atoms with Gasteiger partial charge in [0.1, 0.15) is 17.4 Å². The highest BCUT2D eigenvalue weighted by Gasteiger charge is 2.25. The smallest absolute Gasteiger partial charge is 0.328 e. The van der Waals surface area contributed by atoms with E-state index in [9.17, 15) is 19.5 Å². The SMILES string of the molecule is CCCCn1c(C)c(C)cc(C(=O)NC(Cc2ccc(O)cc2)C(=O)OC)c1=O. The van der Waals surface area contributed by atoms with E-state index in [0.29, 0.717) is 6.54 Å². The van der Waals surface area contributed by atoms with Gasteiger partial charge in [-0.3, -0.25) is 9.59 Å². The van der Waals surface area contributed by atoms with E-state index in [-0.39, 0.29) is 23.3 Å². The molecule has 7 heteroatoms. The molecule has 0 aliphatic carbocycles. The first-order valence-electron chi connectivity index (χ1n) is 9.66. The number of ether oxygens (including phenoxy) is 1. The summed E-state index contributed by atoms with van der Waals surface area (Å²) >= 11 is 0. The summed E-state index contributed by atoms with van der Waals surface area (Å²) in [4.78, 5) is 37.9. The molecule has 0 bridgehead atoms. The highest BCUT2D eigenvalue weighted by molar-refractivity contribution is 5.96. The standard InChI is InChI=1S/C22H28N2O5/c1-5-6-11-24-15(3)14(2)12-18(21(24)27)20(26)23-19(22(28)29-4)13-16-7-9-17(25)10-8-16/h7-10,12,19,25H,5-6,11,13H2,1-4H3,(H,23,26). The second-order valence-corrected chi connectivity index (χ2v) is 7.06. The third kappa shape index (κ3) is 5.47. The average molecular weight is 400 g/mol. The minimum Gasteiger partial charge on any atom is -0.508 e. The number of carbonyl (C=O) groups excluding carboxylic acids is 2. The molecular weight excluding hydrogens is 372 g/mol. The number of esters is 1. The molecule has 7 nitrogen and oxygen atoms in total. The van der Waals surface area contributed by atoms with E-state index in [1.807, 2.05) is 20.8 Å². The highest BCUT2D eigenvalue weighted by atomic mass is 16.5. The molecule has 0 aliphatic heterocycles. The molecule has 1 atom stereocenters. The summed E-state index contributed by atoms with van der Waals surface area (Å²) in [6.07, 6.45) is 1.93. The number of hydrogen-bond donors (Lipinski definition) is 2. The Labute approximate surface area is 170 Å². The van der Waals surface area contributed by atoms with Crippen molar-refractivity contribution in [2.24, 2.45) is 0 Å². The summed E-state index contributed by atoms with van der Waals surface area (Å²) in [5, 5.41) is 12.0. The first-order chi connectivity index (χ1) is 13.8. The molecule has 2 aromatic rings. The van der Waals surface area contributed by atoms with Crippen LogP contribution >= 0.6 is 0 Å². The molecule has 156 valence electrons. The predicted octanol–water partition coefficient (Wildman–Crippen LogP) is 2.48. The van der Waals surface area contributed by atoms with E-state index in [1.165, 1.54) is 19.2 Å². The normalized spacial score (nSPS) is 11.7. The van der Waals surface area contributed by atoms with Crippen LogP contribution in [-0.4, -0.2) is 34.7 Å². The Hall–Kier alpha value is -3.09. The van der Waals surface area contributed by atoms with Crippen LogP contribution in [0.3, 0.4) is 0 Å². The van der Waals surface area contributed by atoms with Gasteiger partial charge in [-0.25, -0.2) is 4.79 Å². The molecular formula is C22H28N2O5. The third-order valence-corrected chi connectivity index (χ3v) is 4.96. The molecule has 2 N–H and O–H groups in total. The zero-order valence-electron chi connectivity index (χ0n) is 17.3. The van der Waals surface area contributed by atoms with Gasteiger partial charge in [-0.1, -0.05) is 25.5 Å². The fraction of sp³-hybridized carbons (Fsp3) is 0.409. The number of methoxy groups -OCH3 is 1. The number of nitrogens with zero attached hydrogens (tertiary/aromatic N) is 1. The van der Waals surface area contributed by atoms with Crippen LogP contribution < -0.4 is 10.9 Å². The number of nitrogens with one attached hydrogen (secondary N) is 1. The van der Waals surface area contributed by atoms with E-state index in [0.717, 1.165) is 29.7 Å². The number of aromatic hydroxyl groups is 1. The summed E-state index contributed by atoms with van der Waals surface area (Å²) < 4.78 is 6.42. The Kier molecular flexibility index (Phi) is 7.59. The van der Waals surface area contributed by atoms with E-state index in [2.05, 4.69) is 5.32 Å². The van der Waals surface area contributed by atoms with Gasteiger partial charge in [0.15, 0.2) is 0 Å². The second kappa shape index (κ2) is 9.91. The fourth-order valence-corrected chi connectivity index (χ4v) is 3.08. The molecule has 1 unspecified atom stereocenters. The minimum atomic E-state index is -0.956. The van der Waals surface area contributed by atoms with E-state index < -0.39 is 17.9 Å². The summed E-state index contributed by atoms with van der Waals surface area (Å²) in [5.74, 6) is -1.12. The number of unbranched alkanes of at least 4 members (excludes halogenated alkanes) is 1. The van der Waals surface area contributed by atoms with Crippen LogP contribution in [0, 0.1) is 13.8 Å². The third-order valence-electron chi connectivity index (χ3n) is 4.96. The van der Waals surface area contributed by atoms with Crippen molar-refractivity contribution in [2.75, 3.05) is 7.11 Å². The lowest BCUT2D eigenvalue weighted by molar-refractivity contribution is -0.142. The minimum absolute atomic E-state index is 0.00353. The van der Waals surface area contributed by atoms with Crippen molar-refractivity contribution in [3.8, 4) is 5.75 Å². The molecule has 0 aliphatic rings. The van der Waals surface area contributed by atoms with Crippen LogP contribution in [0.5, 0.6) is 5.75 Å². The Morgan fingerprint density at radius 3 is 2.45 bits per heavy atom. The number of phenols is 1.